The van der Waals surface area contributed by atoms with Gasteiger partial charge >= 0.3 is 0 Å². The molecule has 2 heterocycles. The highest BCUT2D eigenvalue weighted by Gasteiger charge is 2.20. The van der Waals surface area contributed by atoms with Crippen LogP contribution in [0.1, 0.15) is 0 Å². The Morgan fingerprint density at radius 1 is 1.03 bits per heavy atom. The molecule has 0 spiro atoms. The van der Waals surface area contributed by atoms with Gasteiger partial charge in [-0.15, -0.1) is 0 Å². The molecule has 4 aromatic rings. The summed E-state index contributed by atoms with van der Waals surface area (Å²) in [5.74, 6) is 2.04. The molecule has 0 aliphatic carbocycles. The second-order valence-corrected chi connectivity index (χ2v) is 7.53. The van der Waals surface area contributed by atoms with Crippen molar-refractivity contribution in [3.05, 3.63) is 52.8 Å². The summed E-state index contributed by atoms with van der Waals surface area (Å²) in [5, 5.41) is 4.52. The Kier molecular flexibility index (Phi) is 4.10. The van der Waals surface area contributed by atoms with Crippen LogP contribution >= 0.6 is 0 Å². The first-order valence-electron chi connectivity index (χ1n) is 9.59. The van der Waals surface area contributed by atoms with Gasteiger partial charge in [0, 0.05) is 29.2 Å². The summed E-state index contributed by atoms with van der Waals surface area (Å²) in [5.41, 5.74) is 0.866. The van der Waals surface area contributed by atoms with Crippen LogP contribution < -0.4 is 19.8 Å². The third kappa shape index (κ3) is 2.71. The minimum atomic E-state index is -0.0445. The van der Waals surface area contributed by atoms with E-state index in [2.05, 4.69) is 17.0 Å². The molecule has 5 rings (SSSR count). The van der Waals surface area contributed by atoms with Gasteiger partial charge in [-0.25, -0.2) is 0 Å². The van der Waals surface area contributed by atoms with Crippen LogP contribution in [-0.4, -0.2) is 44.0 Å². The zero-order valence-electron chi connectivity index (χ0n) is 16.7. The Morgan fingerprint density at radius 3 is 2.59 bits per heavy atom. The van der Waals surface area contributed by atoms with Crippen molar-refractivity contribution in [3.8, 4) is 17.2 Å². The Morgan fingerprint density at radius 2 is 1.83 bits per heavy atom. The molecular weight excluding hydrogens is 368 g/mol. The molecule has 148 valence electrons. The first kappa shape index (κ1) is 17.8. The van der Waals surface area contributed by atoms with E-state index in [4.69, 9.17) is 14.2 Å². The third-order valence-corrected chi connectivity index (χ3v) is 5.52. The fourth-order valence-corrected chi connectivity index (χ4v) is 4.10. The summed E-state index contributed by atoms with van der Waals surface area (Å²) in [7, 11) is 5.61. The minimum Gasteiger partial charge on any atom is -0.496 e. The predicted molar refractivity (Wildman–Crippen MR) is 114 cm³/mol. The van der Waals surface area contributed by atoms with Crippen LogP contribution in [0.2, 0.25) is 0 Å². The van der Waals surface area contributed by atoms with E-state index in [-0.39, 0.29) is 12.4 Å². The van der Waals surface area contributed by atoms with Crippen molar-refractivity contribution in [1.82, 2.24) is 9.47 Å². The number of ether oxygens (including phenoxy) is 3. The Labute approximate surface area is 167 Å². The highest BCUT2D eigenvalue weighted by atomic mass is 16.7. The molecule has 0 saturated heterocycles. The quantitative estimate of drug-likeness (QED) is 0.499. The molecule has 3 aromatic carbocycles. The maximum atomic E-state index is 13.6. The van der Waals surface area contributed by atoms with Crippen LogP contribution in [0.5, 0.6) is 17.2 Å². The fourth-order valence-electron chi connectivity index (χ4n) is 4.10. The Hall–Kier alpha value is -3.25. The Balaban J connectivity index is 1.96. The van der Waals surface area contributed by atoms with E-state index < -0.39 is 0 Å². The smallest absolute Gasteiger partial charge is 0.262 e. The number of methoxy groups -OCH3 is 1. The number of hydrogen-bond donors (Lipinski definition) is 0. The van der Waals surface area contributed by atoms with E-state index in [1.807, 2.05) is 49.0 Å². The Bertz CT molecular complexity index is 1320. The summed E-state index contributed by atoms with van der Waals surface area (Å²) >= 11 is 0. The number of fused-ring (bicyclic) bond motifs is 6. The molecule has 1 aliphatic heterocycles. The van der Waals surface area contributed by atoms with Crippen molar-refractivity contribution in [2.75, 3.05) is 34.5 Å². The van der Waals surface area contributed by atoms with E-state index >= 15 is 0 Å². The van der Waals surface area contributed by atoms with Crippen LogP contribution in [0.25, 0.3) is 32.4 Å². The van der Waals surface area contributed by atoms with Crippen LogP contribution in [0.3, 0.4) is 0 Å². The van der Waals surface area contributed by atoms with Crippen molar-refractivity contribution in [1.29, 1.82) is 0 Å². The number of hydrogen-bond acceptors (Lipinski definition) is 5. The van der Waals surface area contributed by atoms with Gasteiger partial charge in [0.1, 0.15) is 5.75 Å². The zero-order chi connectivity index (χ0) is 20.1. The van der Waals surface area contributed by atoms with Gasteiger partial charge in [0.15, 0.2) is 11.5 Å². The molecule has 29 heavy (non-hydrogen) atoms. The average Bonchev–Trinajstić information content (AvgIpc) is 3.18. The van der Waals surface area contributed by atoms with Crippen molar-refractivity contribution in [3.63, 3.8) is 0 Å². The monoisotopic (exact) mass is 390 g/mol. The van der Waals surface area contributed by atoms with Crippen molar-refractivity contribution >= 4 is 32.4 Å². The van der Waals surface area contributed by atoms with Crippen LogP contribution in [-0.2, 0) is 6.54 Å². The minimum absolute atomic E-state index is 0.0445. The predicted octanol–water partition coefficient (Wildman–Crippen LogP) is 3.61. The van der Waals surface area contributed by atoms with Gasteiger partial charge in [0.05, 0.1) is 18.0 Å². The maximum absolute atomic E-state index is 13.6. The van der Waals surface area contributed by atoms with Crippen LogP contribution in [0, 0.1) is 0 Å². The van der Waals surface area contributed by atoms with E-state index in [0.717, 1.165) is 39.4 Å². The normalized spacial score (nSPS) is 13.1. The van der Waals surface area contributed by atoms with Gasteiger partial charge < -0.3 is 23.7 Å². The molecule has 0 amide bonds. The lowest BCUT2D eigenvalue weighted by Crippen LogP contribution is -2.27. The summed E-state index contributed by atoms with van der Waals surface area (Å²) < 4.78 is 18.5. The highest BCUT2D eigenvalue weighted by molar-refractivity contribution is 6.16. The molecular formula is C23H22N2O4. The zero-order valence-corrected chi connectivity index (χ0v) is 16.7. The van der Waals surface area contributed by atoms with Crippen molar-refractivity contribution in [2.24, 2.45) is 0 Å². The molecule has 0 unspecified atom stereocenters. The first-order chi connectivity index (χ1) is 14.1. The molecule has 0 N–H and O–H groups in total. The van der Waals surface area contributed by atoms with E-state index in [9.17, 15) is 4.79 Å². The van der Waals surface area contributed by atoms with Gasteiger partial charge in [0.2, 0.25) is 6.79 Å². The number of nitrogens with zero attached hydrogens (tertiary/aromatic N) is 2. The highest BCUT2D eigenvalue weighted by Crippen LogP contribution is 2.40. The average molecular weight is 390 g/mol. The summed E-state index contributed by atoms with van der Waals surface area (Å²) in [6, 6.07) is 13.9. The molecule has 0 radical (unpaired) electrons. The van der Waals surface area contributed by atoms with E-state index in [1.54, 1.807) is 7.11 Å². The van der Waals surface area contributed by atoms with Crippen LogP contribution in [0.15, 0.2) is 47.3 Å². The van der Waals surface area contributed by atoms with Gasteiger partial charge in [-0.2, -0.15) is 0 Å². The third-order valence-electron chi connectivity index (χ3n) is 5.52. The SMILES string of the molecule is COc1cccc2c1c(=O)n(CCN(C)C)c1c3cc4c(cc3ccc21)OCO4. The lowest BCUT2D eigenvalue weighted by Gasteiger charge is -2.18. The molecule has 0 fully saturated rings. The topological polar surface area (TPSA) is 52.9 Å². The molecule has 6 heteroatoms. The molecule has 0 saturated carbocycles. The number of aromatic nitrogens is 1. The van der Waals surface area contributed by atoms with Gasteiger partial charge in [-0.05, 0) is 37.7 Å². The first-order valence-corrected chi connectivity index (χ1v) is 9.59. The maximum Gasteiger partial charge on any atom is 0.262 e. The summed E-state index contributed by atoms with van der Waals surface area (Å²) in [6.07, 6.45) is 0. The van der Waals surface area contributed by atoms with Gasteiger partial charge in [-0.1, -0.05) is 24.3 Å². The molecule has 0 atom stereocenters. The number of benzene rings is 3. The largest absolute Gasteiger partial charge is 0.496 e. The molecule has 0 bridgehead atoms. The second kappa shape index (κ2) is 6.67. The second-order valence-electron chi connectivity index (χ2n) is 7.53. The van der Waals surface area contributed by atoms with Gasteiger partial charge in [-0.3, -0.25) is 4.79 Å². The number of likely N-dealkylation sites (N-methyl/N-ethyl adjacent to an activating group) is 1. The fraction of sp³-hybridized carbons (Fsp3) is 0.261. The summed E-state index contributed by atoms with van der Waals surface area (Å²) in [4.78, 5) is 15.7. The number of pyridine rings is 1. The molecule has 1 aliphatic rings. The molecule has 1 aromatic heterocycles. The lowest BCUT2D eigenvalue weighted by molar-refractivity contribution is 0.174. The van der Waals surface area contributed by atoms with Crippen molar-refractivity contribution in [2.45, 2.75) is 6.54 Å². The molecule has 6 nitrogen and oxygen atoms in total. The summed E-state index contributed by atoms with van der Waals surface area (Å²) in [6.45, 7) is 1.54. The lowest BCUT2D eigenvalue weighted by atomic mass is 10.00. The standard InChI is InChI=1S/C23H22N2O4/c1-24(2)9-10-25-22-16(15-5-4-6-18(27-3)21(15)23(25)26)8-7-14-11-19-20(12-17(14)22)29-13-28-19/h4-8,11-12H,9-10,13H2,1-3H3. The van der Waals surface area contributed by atoms with Gasteiger partial charge in [0.25, 0.3) is 5.56 Å². The van der Waals surface area contributed by atoms with Crippen molar-refractivity contribution < 1.29 is 14.2 Å². The van der Waals surface area contributed by atoms with Crippen LogP contribution in [0.4, 0.5) is 0 Å². The van der Waals surface area contributed by atoms with E-state index in [1.165, 1.54) is 0 Å². The van der Waals surface area contributed by atoms with E-state index in [0.29, 0.717) is 23.4 Å². The number of rotatable bonds is 4.